The lowest BCUT2D eigenvalue weighted by atomic mass is 9.94. The molecule has 4 rings (SSSR count). The zero-order valence-corrected chi connectivity index (χ0v) is 11.6. The van der Waals surface area contributed by atoms with E-state index in [1.165, 1.54) is 37.9 Å². The van der Waals surface area contributed by atoms with Gasteiger partial charge in [-0.2, -0.15) is 0 Å². The first-order valence-electron chi connectivity index (χ1n) is 7.20. The smallest absolute Gasteiger partial charge is 0.00732 e. The highest BCUT2D eigenvalue weighted by molar-refractivity contribution is 6.18. The van der Waals surface area contributed by atoms with Gasteiger partial charge in [-0.15, -0.1) is 0 Å². The fourth-order valence-electron chi connectivity index (χ4n) is 3.25. The number of hydrogen-bond acceptors (Lipinski definition) is 0. The molecule has 0 N–H and O–H groups in total. The predicted octanol–water partition coefficient (Wildman–Crippen LogP) is 5.71. The summed E-state index contributed by atoms with van der Waals surface area (Å²) in [6, 6.07) is 24.3. The van der Waals surface area contributed by atoms with E-state index in [-0.39, 0.29) is 0 Å². The second-order valence-electron chi connectivity index (χ2n) is 5.32. The maximum absolute atomic E-state index is 2.28. The Morgan fingerprint density at radius 1 is 0.600 bits per heavy atom. The van der Waals surface area contributed by atoms with Crippen LogP contribution >= 0.6 is 0 Å². The zero-order valence-electron chi connectivity index (χ0n) is 11.6. The molecule has 0 aliphatic rings. The van der Waals surface area contributed by atoms with Gasteiger partial charge in [-0.3, -0.25) is 0 Å². The molecule has 0 heterocycles. The average Bonchev–Trinajstić information content (AvgIpc) is 2.53. The van der Waals surface area contributed by atoms with Gasteiger partial charge in [-0.05, 0) is 44.3 Å². The molecule has 0 unspecified atom stereocenters. The number of benzene rings is 4. The highest BCUT2D eigenvalue weighted by atomic mass is 14.1. The Hall–Kier alpha value is -2.34. The largest absolute Gasteiger partial charge is 0.0616 e. The van der Waals surface area contributed by atoms with Crippen molar-refractivity contribution in [1.29, 1.82) is 0 Å². The third-order valence-corrected chi connectivity index (χ3v) is 4.23. The van der Waals surface area contributed by atoms with Crippen molar-refractivity contribution in [3.05, 3.63) is 72.3 Å². The summed E-state index contributed by atoms with van der Waals surface area (Å²) in [5.41, 5.74) is 1.43. The van der Waals surface area contributed by atoms with Crippen LogP contribution in [0.5, 0.6) is 0 Å². The first-order valence-corrected chi connectivity index (χ1v) is 7.20. The average molecular weight is 256 g/mol. The van der Waals surface area contributed by atoms with Gasteiger partial charge in [0.25, 0.3) is 0 Å². The topological polar surface area (TPSA) is 0 Å². The molecule has 0 heteroatoms. The summed E-state index contributed by atoms with van der Waals surface area (Å²) in [5, 5.41) is 8.15. The highest BCUT2D eigenvalue weighted by Gasteiger charge is 2.06. The molecule has 0 radical (unpaired) electrons. The second-order valence-corrected chi connectivity index (χ2v) is 5.32. The molecule has 0 nitrogen and oxygen atoms in total. The van der Waals surface area contributed by atoms with E-state index in [4.69, 9.17) is 0 Å². The molecule has 0 saturated heterocycles. The third-order valence-electron chi connectivity index (χ3n) is 4.23. The fourth-order valence-corrected chi connectivity index (χ4v) is 3.25. The van der Waals surface area contributed by atoms with Crippen molar-refractivity contribution in [2.75, 3.05) is 0 Å². The lowest BCUT2D eigenvalue weighted by molar-refractivity contribution is 1.16. The van der Waals surface area contributed by atoms with Crippen molar-refractivity contribution in [2.45, 2.75) is 13.3 Å². The molecule has 0 amide bonds. The van der Waals surface area contributed by atoms with Gasteiger partial charge >= 0.3 is 0 Å². The van der Waals surface area contributed by atoms with Crippen LogP contribution in [0.2, 0.25) is 0 Å². The van der Waals surface area contributed by atoms with Gasteiger partial charge in [0, 0.05) is 0 Å². The minimum atomic E-state index is 1.07. The van der Waals surface area contributed by atoms with Crippen LogP contribution in [0.25, 0.3) is 32.3 Å². The second kappa shape index (κ2) is 4.35. The maximum atomic E-state index is 2.28. The third kappa shape index (κ3) is 1.55. The minimum Gasteiger partial charge on any atom is -0.0616 e. The maximum Gasteiger partial charge on any atom is -0.00732 e. The van der Waals surface area contributed by atoms with E-state index in [1.54, 1.807) is 0 Å². The SMILES string of the molecule is CCc1cccc2ccc3c4ccccc4ccc3c12. The molecular formula is C20H16. The van der Waals surface area contributed by atoms with Gasteiger partial charge in [0.05, 0.1) is 0 Å². The quantitative estimate of drug-likeness (QED) is 0.383. The predicted molar refractivity (Wildman–Crippen MR) is 88.3 cm³/mol. The van der Waals surface area contributed by atoms with Crippen LogP contribution in [-0.2, 0) is 6.42 Å². The monoisotopic (exact) mass is 256 g/mol. The van der Waals surface area contributed by atoms with Crippen molar-refractivity contribution in [2.24, 2.45) is 0 Å². The lowest BCUT2D eigenvalue weighted by Gasteiger charge is -2.10. The van der Waals surface area contributed by atoms with Gasteiger partial charge in [0.1, 0.15) is 0 Å². The molecule has 0 aliphatic carbocycles. The van der Waals surface area contributed by atoms with Gasteiger partial charge in [-0.25, -0.2) is 0 Å². The van der Waals surface area contributed by atoms with Crippen LogP contribution < -0.4 is 0 Å². The summed E-state index contributed by atoms with van der Waals surface area (Å²) in [4.78, 5) is 0. The van der Waals surface area contributed by atoms with Gasteiger partial charge in [-0.1, -0.05) is 73.7 Å². The molecule has 0 saturated carbocycles. The summed E-state index contributed by atoms with van der Waals surface area (Å²) in [7, 11) is 0. The van der Waals surface area contributed by atoms with E-state index in [1.807, 2.05) is 0 Å². The van der Waals surface area contributed by atoms with E-state index >= 15 is 0 Å². The summed E-state index contributed by atoms with van der Waals surface area (Å²) < 4.78 is 0. The number of hydrogen-bond donors (Lipinski definition) is 0. The highest BCUT2D eigenvalue weighted by Crippen LogP contribution is 2.33. The zero-order chi connectivity index (χ0) is 13.5. The van der Waals surface area contributed by atoms with Crippen LogP contribution in [0, 0.1) is 0 Å². The van der Waals surface area contributed by atoms with Crippen molar-refractivity contribution < 1.29 is 0 Å². The van der Waals surface area contributed by atoms with Crippen molar-refractivity contribution in [3.63, 3.8) is 0 Å². The van der Waals surface area contributed by atoms with Crippen molar-refractivity contribution in [1.82, 2.24) is 0 Å². The molecule has 20 heavy (non-hydrogen) atoms. The minimum absolute atomic E-state index is 1.07. The van der Waals surface area contributed by atoms with Crippen molar-refractivity contribution in [3.8, 4) is 0 Å². The molecule has 4 aromatic carbocycles. The number of rotatable bonds is 1. The normalized spacial score (nSPS) is 11.4. The van der Waals surface area contributed by atoms with E-state index in [0.29, 0.717) is 0 Å². The van der Waals surface area contributed by atoms with Crippen LogP contribution in [0.4, 0.5) is 0 Å². The summed E-state index contributed by atoms with van der Waals surface area (Å²) in [6.45, 7) is 2.23. The Morgan fingerprint density at radius 3 is 2.25 bits per heavy atom. The number of aryl methyl sites for hydroxylation is 1. The molecule has 0 spiro atoms. The standard InChI is InChI=1S/C20H16/c1-2-14-7-5-8-16-11-12-18-17-9-4-3-6-15(17)10-13-19(18)20(14)16/h3-13H,2H2,1H3. The molecule has 4 aromatic rings. The van der Waals surface area contributed by atoms with Crippen LogP contribution in [-0.4, -0.2) is 0 Å². The summed E-state index contributed by atoms with van der Waals surface area (Å²) in [6.07, 6.45) is 1.07. The van der Waals surface area contributed by atoms with Crippen LogP contribution in [0.3, 0.4) is 0 Å². The molecule has 0 aliphatic heterocycles. The lowest BCUT2D eigenvalue weighted by Crippen LogP contribution is -1.86. The Balaban J connectivity index is 2.28. The summed E-state index contributed by atoms with van der Waals surface area (Å²) in [5.74, 6) is 0. The van der Waals surface area contributed by atoms with Crippen LogP contribution in [0.1, 0.15) is 12.5 Å². The van der Waals surface area contributed by atoms with Crippen LogP contribution in [0.15, 0.2) is 66.7 Å². The Kier molecular flexibility index (Phi) is 2.50. The van der Waals surface area contributed by atoms with E-state index in [9.17, 15) is 0 Å². The molecule has 96 valence electrons. The molecule has 0 atom stereocenters. The molecule has 0 aromatic heterocycles. The Labute approximate surface area is 118 Å². The van der Waals surface area contributed by atoms with Gasteiger partial charge < -0.3 is 0 Å². The Bertz CT molecular complexity index is 932. The van der Waals surface area contributed by atoms with E-state index < -0.39 is 0 Å². The molecule has 0 bridgehead atoms. The Morgan fingerprint density at radius 2 is 1.35 bits per heavy atom. The summed E-state index contributed by atoms with van der Waals surface area (Å²) >= 11 is 0. The first-order chi connectivity index (χ1) is 9.88. The molecular weight excluding hydrogens is 240 g/mol. The first kappa shape index (κ1) is 11.5. The van der Waals surface area contributed by atoms with Gasteiger partial charge in [0.2, 0.25) is 0 Å². The molecule has 0 fully saturated rings. The fraction of sp³-hybridized carbons (Fsp3) is 0.100. The van der Waals surface area contributed by atoms with Crippen molar-refractivity contribution >= 4 is 32.3 Å². The van der Waals surface area contributed by atoms with E-state index in [0.717, 1.165) is 6.42 Å². The number of fused-ring (bicyclic) bond motifs is 5. The van der Waals surface area contributed by atoms with E-state index in [2.05, 4.69) is 73.7 Å². The van der Waals surface area contributed by atoms with Gasteiger partial charge in [0.15, 0.2) is 0 Å².